The van der Waals surface area contributed by atoms with E-state index in [1.165, 1.54) is 0 Å². The lowest BCUT2D eigenvalue weighted by atomic mass is 10.2. The number of hydrogen-bond donors (Lipinski definition) is 2. The van der Waals surface area contributed by atoms with Crippen molar-refractivity contribution in [1.82, 2.24) is 4.98 Å². The Morgan fingerprint density at radius 3 is 2.60 bits per heavy atom. The van der Waals surface area contributed by atoms with Crippen LogP contribution < -0.4 is 11.1 Å². The number of para-hydroxylation sites is 1. The van der Waals surface area contributed by atoms with Crippen LogP contribution in [0.4, 0.5) is 11.5 Å². The Kier molecular flexibility index (Phi) is 2.95. The molecule has 0 aliphatic carbocycles. The number of nitrogens with one attached hydrogen (secondary N) is 1. The quantitative estimate of drug-likeness (QED) is 0.797. The average Bonchev–Trinajstić information content (AvgIpc) is 2.31. The van der Waals surface area contributed by atoms with Crippen LogP contribution in [0.2, 0.25) is 0 Å². The lowest BCUT2D eigenvalue weighted by Crippen LogP contribution is -2.03. The van der Waals surface area contributed by atoms with E-state index >= 15 is 0 Å². The molecular weight excluding hydrogens is 186 g/mol. The minimum Gasteiger partial charge on any atom is -0.340 e. The van der Waals surface area contributed by atoms with E-state index in [2.05, 4.69) is 10.3 Å². The molecule has 3 heteroatoms. The summed E-state index contributed by atoms with van der Waals surface area (Å²) in [5, 5.41) is 3.23. The molecule has 0 bridgehead atoms. The first-order valence-corrected chi connectivity index (χ1v) is 4.86. The summed E-state index contributed by atoms with van der Waals surface area (Å²) in [5.41, 5.74) is 7.66. The molecule has 1 aromatic heterocycles. The van der Waals surface area contributed by atoms with Crippen LogP contribution in [-0.4, -0.2) is 4.98 Å². The van der Waals surface area contributed by atoms with Crippen molar-refractivity contribution in [1.29, 1.82) is 0 Å². The van der Waals surface area contributed by atoms with Crippen molar-refractivity contribution >= 4 is 11.5 Å². The topological polar surface area (TPSA) is 50.9 Å². The Morgan fingerprint density at radius 1 is 1.07 bits per heavy atom. The molecule has 0 unspecified atom stereocenters. The van der Waals surface area contributed by atoms with E-state index in [4.69, 9.17) is 5.73 Å². The second-order valence-electron chi connectivity index (χ2n) is 3.21. The van der Waals surface area contributed by atoms with Crippen LogP contribution in [0.5, 0.6) is 0 Å². The molecule has 1 heterocycles. The zero-order valence-corrected chi connectivity index (χ0v) is 8.35. The summed E-state index contributed by atoms with van der Waals surface area (Å²) in [6, 6.07) is 13.8. The maximum Gasteiger partial charge on any atom is 0.134 e. The molecule has 3 nitrogen and oxygen atoms in total. The summed E-state index contributed by atoms with van der Waals surface area (Å²) in [4.78, 5) is 4.25. The average molecular weight is 199 g/mol. The van der Waals surface area contributed by atoms with Crippen LogP contribution in [0.1, 0.15) is 5.56 Å². The number of aromatic nitrogens is 1. The summed E-state index contributed by atoms with van der Waals surface area (Å²) >= 11 is 0. The Bertz CT molecular complexity index is 426. The van der Waals surface area contributed by atoms with Gasteiger partial charge in [-0.25, -0.2) is 4.98 Å². The molecule has 3 N–H and O–H groups in total. The third-order valence-electron chi connectivity index (χ3n) is 2.15. The molecule has 0 spiro atoms. The zero-order valence-electron chi connectivity index (χ0n) is 8.35. The Labute approximate surface area is 89.0 Å². The summed E-state index contributed by atoms with van der Waals surface area (Å²) in [7, 11) is 0. The van der Waals surface area contributed by atoms with Gasteiger partial charge in [0.05, 0.1) is 0 Å². The molecule has 0 saturated carbocycles. The van der Waals surface area contributed by atoms with Gasteiger partial charge < -0.3 is 11.1 Å². The van der Waals surface area contributed by atoms with E-state index in [1.54, 1.807) is 6.20 Å². The number of benzene rings is 1. The third-order valence-corrected chi connectivity index (χ3v) is 2.15. The van der Waals surface area contributed by atoms with E-state index in [9.17, 15) is 0 Å². The number of hydrogen-bond acceptors (Lipinski definition) is 3. The Balaban J connectivity index is 2.24. The molecule has 1 aromatic carbocycles. The number of nitrogens with two attached hydrogens (primary N) is 1. The van der Waals surface area contributed by atoms with E-state index < -0.39 is 0 Å². The first-order valence-electron chi connectivity index (χ1n) is 4.86. The van der Waals surface area contributed by atoms with Gasteiger partial charge >= 0.3 is 0 Å². The fourth-order valence-electron chi connectivity index (χ4n) is 1.37. The molecule has 0 fully saturated rings. The van der Waals surface area contributed by atoms with Gasteiger partial charge in [0.2, 0.25) is 0 Å². The number of pyridine rings is 1. The van der Waals surface area contributed by atoms with Crippen LogP contribution in [0, 0.1) is 0 Å². The largest absolute Gasteiger partial charge is 0.340 e. The van der Waals surface area contributed by atoms with Crippen molar-refractivity contribution in [2.75, 3.05) is 5.32 Å². The fraction of sp³-hybridized carbons (Fsp3) is 0.0833. The third kappa shape index (κ3) is 2.33. The van der Waals surface area contributed by atoms with Crippen LogP contribution in [-0.2, 0) is 6.54 Å². The fourth-order valence-corrected chi connectivity index (χ4v) is 1.37. The summed E-state index contributed by atoms with van der Waals surface area (Å²) in [6.07, 6.45) is 1.75. The number of anilines is 2. The first-order chi connectivity index (χ1) is 7.40. The molecule has 76 valence electrons. The van der Waals surface area contributed by atoms with Gasteiger partial charge in [0.1, 0.15) is 5.82 Å². The predicted molar refractivity (Wildman–Crippen MR) is 61.9 cm³/mol. The SMILES string of the molecule is NCc1cccnc1Nc1ccccc1. The maximum absolute atomic E-state index is 5.62. The van der Waals surface area contributed by atoms with Crippen molar-refractivity contribution in [2.24, 2.45) is 5.73 Å². The summed E-state index contributed by atoms with van der Waals surface area (Å²) in [6.45, 7) is 0.489. The van der Waals surface area contributed by atoms with Gasteiger partial charge in [0, 0.05) is 24.0 Å². The van der Waals surface area contributed by atoms with Crippen molar-refractivity contribution < 1.29 is 0 Å². The molecule has 0 amide bonds. The summed E-state index contributed by atoms with van der Waals surface area (Å²) in [5.74, 6) is 0.825. The Hall–Kier alpha value is -1.87. The van der Waals surface area contributed by atoms with Crippen molar-refractivity contribution in [2.45, 2.75) is 6.54 Å². The maximum atomic E-state index is 5.62. The van der Waals surface area contributed by atoms with E-state index in [1.807, 2.05) is 42.5 Å². The second kappa shape index (κ2) is 4.57. The first kappa shape index (κ1) is 9.68. The highest BCUT2D eigenvalue weighted by Gasteiger charge is 2.00. The van der Waals surface area contributed by atoms with Crippen LogP contribution >= 0.6 is 0 Å². The molecule has 2 rings (SSSR count). The standard InChI is InChI=1S/C12H13N3/c13-9-10-5-4-8-14-12(10)15-11-6-2-1-3-7-11/h1-8H,9,13H2,(H,14,15). The van der Waals surface area contributed by atoms with E-state index in [-0.39, 0.29) is 0 Å². The molecule has 2 aromatic rings. The molecule has 0 aliphatic heterocycles. The normalized spacial score (nSPS) is 9.93. The second-order valence-corrected chi connectivity index (χ2v) is 3.21. The van der Waals surface area contributed by atoms with E-state index in [0.717, 1.165) is 17.1 Å². The van der Waals surface area contributed by atoms with Gasteiger partial charge in [-0.3, -0.25) is 0 Å². The van der Waals surface area contributed by atoms with Crippen LogP contribution in [0.15, 0.2) is 48.7 Å². The zero-order chi connectivity index (χ0) is 10.5. The van der Waals surface area contributed by atoms with Crippen molar-refractivity contribution in [3.05, 3.63) is 54.2 Å². The highest BCUT2D eigenvalue weighted by atomic mass is 15.0. The molecule has 15 heavy (non-hydrogen) atoms. The summed E-state index contributed by atoms with van der Waals surface area (Å²) < 4.78 is 0. The Morgan fingerprint density at radius 2 is 1.87 bits per heavy atom. The van der Waals surface area contributed by atoms with Crippen LogP contribution in [0.25, 0.3) is 0 Å². The van der Waals surface area contributed by atoms with Crippen molar-refractivity contribution in [3.8, 4) is 0 Å². The molecule has 0 radical (unpaired) electrons. The van der Waals surface area contributed by atoms with Crippen LogP contribution in [0.3, 0.4) is 0 Å². The molecular formula is C12H13N3. The number of nitrogens with zero attached hydrogens (tertiary/aromatic N) is 1. The smallest absolute Gasteiger partial charge is 0.134 e. The molecule has 0 saturated heterocycles. The predicted octanol–water partition coefficient (Wildman–Crippen LogP) is 2.28. The number of rotatable bonds is 3. The minimum atomic E-state index is 0.489. The van der Waals surface area contributed by atoms with E-state index in [0.29, 0.717) is 6.54 Å². The lowest BCUT2D eigenvalue weighted by Gasteiger charge is -2.08. The van der Waals surface area contributed by atoms with Gasteiger partial charge in [0.15, 0.2) is 0 Å². The highest BCUT2D eigenvalue weighted by Crippen LogP contribution is 2.17. The van der Waals surface area contributed by atoms with Gasteiger partial charge in [-0.2, -0.15) is 0 Å². The van der Waals surface area contributed by atoms with Gasteiger partial charge in [-0.1, -0.05) is 24.3 Å². The van der Waals surface area contributed by atoms with Gasteiger partial charge in [-0.15, -0.1) is 0 Å². The van der Waals surface area contributed by atoms with Gasteiger partial charge in [0.25, 0.3) is 0 Å². The monoisotopic (exact) mass is 199 g/mol. The molecule has 0 aliphatic rings. The molecule has 0 atom stereocenters. The highest BCUT2D eigenvalue weighted by molar-refractivity contribution is 5.58. The van der Waals surface area contributed by atoms with Crippen molar-refractivity contribution in [3.63, 3.8) is 0 Å². The lowest BCUT2D eigenvalue weighted by molar-refractivity contribution is 1.05. The van der Waals surface area contributed by atoms with Gasteiger partial charge in [-0.05, 0) is 18.2 Å². The minimum absolute atomic E-state index is 0.489.